The number of hydrogen-bond acceptors (Lipinski definition) is 5. The van der Waals surface area contributed by atoms with E-state index in [-0.39, 0.29) is 6.61 Å². The Morgan fingerprint density at radius 3 is 2.48 bits per heavy atom. The first-order chi connectivity index (χ1) is 13.2. The summed E-state index contributed by atoms with van der Waals surface area (Å²) in [5, 5.41) is 12.5. The maximum Gasteiger partial charge on any atom is 0.155 e. The fourth-order valence-corrected chi connectivity index (χ4v) is 3.70. The molecular formula is C21H26ClN3OS. The van der Waals surface area contributed by atoms with Crippen molar-refractivity contribution in [3.63, 3.8) is 0 Å². The summed E-state index contributed by atoms with van der Waals surface area (Å²) in [7, 11) is 0. The molecule has 0 fully saturated rings. The number of halogens is 1. The van der Waals surface area contributed by atoms with Crippen LogP contribution in [0.4, 0.5) is 5.69 Å². The lowest BCUT2D eigenvalue weighted by Crippen LogP contribution is -2.27. The number of anilines is 1. The second-order valence-corrected chi connectivity index (χ2v) is 6.90. The molecule has 144 valence electrons. The maximum absolute atomic E-state index is 9.19. The number of hydrogen-bond donors (Lipinski definition) is 1. The van der Waals surface area contributed by atoms with Crippen molar-refractivity contribution in [1.82, 2.24) is 9.97 Å². The summed E-state index contributed by atoms with van der Waals surface area (Å²) in [6.45, 7) is 7.88. The van der Waals surface area contributed by atoms with E-state index in [0.717, 1.165) is 34.4 Å². The highest BCUT2D eigenvalue weighted by molar-refractivity contribution is 7.16. The van der Waals surface area contributed by atoms with Gasteiger partial charge in [-0.25, -0.2) is 9.97 Å². The molecule has 6 heteroatoms. The van der Waals surface area contributed by atoms with Crippen molar-refractivity contribution < 1.29 is 5.11 Å². The second kappa shape index (κ2) is 11.0. The van der Waals surface area contributed by atoms with E-state index in [4.69, 9.17) is 11.6 Å². The van der Waals surface area contributed by atoms with Gasteiger partial charge in [0.1, 0.15) is 9.98 Å². The molecular weight excluding hydrogens is 378 g/mol. The topological polar surface area (TPSA) is 49.2 Å². The Kier molecular flexibility index (Phi) is 8.72. The summed E-state index contributed by atoms with van der Waals surface area (Å²) >= 11 is 7.75. The zero-order chi connectivity index (χ0) is 19.6. The normalized spacial score (nSPS) is 10.9. The molecule has 4 nitrogen and oxygen atoms in total. The van der Waals surface area contributed by atoms with Crippen LogP contribution in [0, 0.1) is 0 Å². The first kappa shape index (κ1) is 21.4. The number of aromatic nitrogens is 2. The van der Waals surface area contributed by atoms with Crippen LogP contribution in [-0.4, -0.2) is 34.8 Å². The van der Waals surface area contributed by atoms with Gasteiger partial charge in [0.2, 0.25) is 0 Å². The molecule has 0 saturated carbocycles. The molecule has 3 rings (SSSR count). The van der Waals surface area contributed by atoms with Crippen molar-refractivity contribution in [2.45, 2.75) is 27.2 Å². The molecule has 0 saturated heterocycles. The number of aliphatic hydroxyl groups is 1. The van der Waals surface area contributed by atoms with Crippen LogP contribution in [-0.2, 0) is 0 Å². The Morgan fingerprint density at radius 2 is 1.81 bits per heavy atom. The van der Waals surface area contributed by atoms with E-state index >= 15 is 0 Å². The smallest absolute Gasteiger partial charge is 0.155 e. The molecule has 2 heterocycles. The lowest BCUT2D eigenvalue weighted by molar-refractivity contribution is 0.302. The number of nitrogens with zero attached hydrogens (tertiary/aromatic N) is 3. The number of fused-ring (bicyclic) bond motifs is 1. The highest BCUT2D eigenvalue weighted by atomic mass is 35.5. The fourth-order valence-electron chi connectivity index (χ4n) is 2.64. The molecule has 0 aliphatic carbocycles. The van der Waals surface area contributed by atoms with Gasteiger partial charge in [-0.3, -0.25) is 0 Å². The standard InChI is InChI=1S/C19H20ClN3OS.C2H6/c1-2-10-23(11-12-24)15-6-3-14(4-7-15)5-8-17-21-18(20)16-9-13-25-19(16)22-17;1-2/h3-9,13,24H,2,10-12H2,1H3;1-2H3/b8-5+;. The number of benzene rings is 1. The fraction of sp³-hybridized carbons (Fsp3) is 0.333. The van der Waals surface area contributed by atoms with Crippen molar-refractivity contribution in [1.29, 1.82) is 0 Å². The number of thiophene rings is 1. The lowest BCUT2D eigenvalue weighted by Gasteiger charge is -2.23. The minimum atomic E-state index is 0.158. The Hall–Kier alpha value is -1.95. The van der Waals surface area contributed by atoms with Crippen molar-refractivity contribution in [3.8, 4) is 0 Å². The molecule has 0 radical (unpaired) electrons. The summed E-state index contributed by atoms with van der Waals surface area (Å²) in [6.07, 6.45) is 4.90. The summed E-state index contributed by atoms with van der Waals surface area (Å²) in [4.78, 5) is 11.9. The van der Waals surface area contributed by atoms with Crippen LogP contribution in [0.2, 0.25) is 5.15 Å². The van der Waals surface area contributed by atoms with Gasteiger partial charge in [-0.2, -0.15) is 0 Å². The average Bonchev–Trinajstić information content (AvgIpc) is 3.18. The third-order valence-corrected chi connectivity index (χ3v) is 4.94. The van der Waals surface area contributed by atoms with Gasteiger partial charge in [-0.15, -0.1) is 11.3 Å². The monoisotopic (exact) mass is 403 g/mol. The van der Waals surface area contributed by atoms with Crippen LogP contribution < -0.4 is 4.90 Å². The zero-order valence-corrected chi connectivity index (χ0v) is 17.6. The van der Waals surface area contributed by atoms with Crippen molar-refractivity contribution in [3.05, 3.63) is 52.3 Å². The number of rotatable bonds is 7. The molecule has 0 spiro atoms. The molecule has 0 atom stereocenters. The van der Waals surface area contributed by atoms with Crippen LogP contribution in [0.3, 0.4) is 0 Å². The van der Waals surface area contributed by atoms with Gasteiger partial charge in [0.05, 0.1) is 6.61 Å². The van der Waals surface area contributed by atoms with E-state index in [0.29, 0.717) is 17.5 Å². The summed E-state index contributed by atoms with van der Waals surface area (Å²) in [5.41, 5.74) is 2.18. The average molecular weight is 404 g/mol. The van der Waals surface area contributed by atoms with Gasteiger partial charge in [-0.05, 0) is 41.6 Å². The molecule has 1 N–H and O–H groups in total. The number of aliphatic hydroxyl groups excluding tert-OH is 1. The predicted octanol–water partition coefficient (Wildman–Crippen LogP) is 5.75. The third kappa shape index (κ3) is 5.76. The highest BCUT2D eigenvalue weighted by Crippen LogP contribution is 2.25. The van der Waals surface area contributed by atoms with E-state index in [9.17, 15) is 5.11 Å². The molecule has 0 unspecified atom stereocenters. The minimum absolute atomic E-state index is 0.158. The van der Waals surface area contributed by atoms with Crippen molar-refractivity contribution in [2.24, 2.45) is 0 Å². The Balaban J connectivity index is 0.00000126. The SMILES string of the molecule is CC.CCCN(CCO)c1ccc(/C=C/c2nc(Cl)c3ccsc3n2)cc1. The largest absolute Gasteiger partial charge is 0.395 e. The Morgan fingerprint density at radius 1 is 1.07 bits per heavy atom. The van der Waals surface area contributed by atoms with Crippen LogP contribution in [0.5, 0.6) is 0 Å². The second-order valence-electron chi connectivity index (χ2n) is 5.65. The van der Waals surface area contributed by atoms with Crippen LogP contribution in [0.1, 0.15) is 38.6 Å². The van der Waals surface area contributed by atoms with E-state index in [2.05, 4.69) is 46.1 Å². The molecule has 3 aromatic rings. The van der Waals surface area contributed by atoms with Crippen LogP contribution in [0.25, 0.3) is 22.4 Å². The quantitative estimate of drug-likeness (QED) is 0.510. The van der Waals surface area contributed by atoms with Gasteiger partial charge in [0.15, 0.2) is 5.82 Å². The van der Waals surface area contributed by atoms with E-state index in [1.54, 1.807) is 11.3 Å². The molecule has 0 amide bonds. The van der Waals surface area contributed by atoms with Gasteiger partial charge in [-0.1, -0.05) is 50.6 Å². The first-order valence-electron chi connectivity index (χ1n) is 9.26. The van der Waals surface area contributed by atoms with Gasteiger partial charge >= 0.3 is 0 Å². The van der Waals surface area contributed by atoms with Crippen LogP contribution in [0.15, 0.2) is 35.7 Å². The molecule has 0 bridgehead atoms. The lowest BCUT2D eigenvalue weighted by atomic mass is 10.1. The Bertz CT molecular complexity index is 855. The van der Waals surface area contributed by atoms with E-state index in [1.165, 1.54) is 0 Å². The molecule has 27 heavy (non-hydrogen) atoms. The van der Waals surface area contributed by atoms with Crippen molar-refractivity contribution in [2.75, 3.05) is 24.6 Å². The summed E-state index contributed by atoms with van der Waals surface area (Å²) < 4.78 is 0. The van der Waals surface area contributed by atoms with Crippen LogP contribution >= 0.6 is 22.9 Å². The summed E-state index contributed by atoms with van der Waals surface area (Å²) in [6, 6.07) is 10.2. The van der Waals surface area contributed by atoms with Crippen molar-refractivity contribution >= 4 is 51.0 Å². The molecule has 0 aliphatic heterocycles. The van der Waals surface area contributed by atoms with Gasteiger partial charge in [0.25, 0.3) is 0 Å². The van der Waals surface area contributed by atoms with E-state index < -0.39 is 0 Å². The minimum Gasteiger partial charge on any atom is -0.395 e. The van der Waals surface area contributed by atoms with Gasteiger partial charge < -0.3 is 10.0 Å². The first-order valence-corrected chi connectivity index (χ1v) is 10.5. The highest BCUT2D eigenvalue weighted by Gasteiger charge is 2.06. The summed E-state index contributed by atoms with van der Waals surface area (Å²) in [5.74, 6) is 0.608. The molecule has 2 aromatic heterocycles. The molecule has 1 aromatic carbocycles. The Labute approximate surface area is 170 Å². The van der Waals surface area contributed by atoms with E-state index in [1.807, 2.05) is 37.4 Å². The zero-order valence-electron chi connectivity index (χ0n) is 16.0. The van der Waals surface area contributed by atoms with Gasteiger partial charge in [0, 0.05) is 24.2 Å². The molecule has 0 aliphatic rings. The maximum atomic E-state index is 9.19. The predicted molar refractivity (Wildman–Crippen MR) is 119 cm³/mol. The third-order valence-electron chi connectivity index (χ3n) is 3.84.